The van der Waals surface area contributed by atoms with Gasteiger partial charge in [0.1, 0.15) is 5.82 Å². The van der Waals surface area contributed by atoms with Crippen LogP contribution in [0, 0.1) is 0 Å². The lowest BCUT2D eigenvalue weighted by Crippen LogP contribution is -2.31. The molecule has 1 N–H and O–H groups in total. The molecule has 1 amide bonds. The lowest BCUT2D eigenvalue weighted by Gasteiger charge is -2.15. The summed E-state index contributed by atoms with van der Waals surface area (Å²) in [5.74, 6) is -0.706. The quantitative estimate of drug-likeness (QED) is 0.476. The highest BCUT2D eigenvalue weighted by atomic mass is 16.5. The fourth-order valence-electron chi connectivity index (χ4n) is 2.85. The van der Waals surface area contributed by atoms with Gasteiger partial charge >= 0.3 is 5.97 Å². The van der Waals surface area contributed by atoms with E-state index in [1.807, 2.05) is 19.9 Å². The van der Waals surface area contributed by atoms with Crippen LogP contribution in [0.15, 0.2) is 66.9 Å². The Morgan fingerprint density at radius 2 is 1.47 bits per heavy atom. The van der Waals surface area contributed by atoms with Crippen LogP contribution in [0.5, 0.6) is 0 Å². The van der Waals surface area contributed by atoms with Gasteiger partial charge in [-0.1, -0.05) is 42.5 Å². The molecular formula is C23H23N3O4. The van der Waals surface area contributed by atoms with Crippen LogP contribution in [0.1, 0.15) is 53.1 Å². The number of anilines is 1. The Kier molecular flexibility index (Phi) is 6.41. The summed E-state index contributed by atoms with van der Waals surface area (Å²) >= 11 is 0. The average Bonchev–Trinajstić information content (AvgIpc) is 3.22. The number of rotatable bonds is 7. The van der Waals surface area contributed by atoms with Gasteiger partial charge in [-0.25, -0.2) is 9.48 Å². The maximum absolute atomic E-state index is 12.4. The monoisotopic (exact) mass is 405 g/mol. The molecule has 0 aliphatic rings. The first-order chi connectivity index (χ1) is 14.4. The summed E-state index contributed by atoms with van der Waals surface area (Å²) in [4.78, 5) is 37.2. The van der Waals surface area contributed by atoms with E-state index in [1.54, 1.807) is 53.3 Å². The Balaban J connectivity index is 1.62. The Morgan fingerprint density at radius 1 is 0.867 bits per heavy atom. The molecule has 0 unspecified atom stereocenters. The summed E-state index contributed by atoms with van der Waals surface area (Å²) in [5, 5.41) is 6.86. The average molecular weight is 405 g/mol. The number of hydrogen-bond acceptors (Lipinski definition) is 5. The zero-order valence-corrected chi connectivity index (χ0v) is 17.0. The van der Waals surface area contributed by atoms with Crippen molar-refractivity contribution in [1.82, 2.24) is 9.78 Å². The van der Waals surface area contributed by atoms with Gasteiger partial charge in [0, 0.05) is 23.2 Å². The number of benzene rings is 2. The minimum atomic E-state index is -1.00. The molecule has 1 atom stereocenters. The van der Waals surface area contributed by atoms with Crippen LogP contribution in [0.4, 0.5) is 5.82 Å². The number of amides is 1. The van der Waals surface area contributed by atoms with Crippen LogP contribution >= 0.6 is 0 Å². The molecule has 0 saturated heterocycles. The van der Waals surface area contributed by atoms with E-state index in [4.69, 9.17) is 4.74 Å². The summed E-state index contributed by atoms with van der Waals surface area (Å²) in [7, 11) is 0. The minimum Gasteiger partial charge on any atom is -0.449 e. The lowest BCUT2D eigenvalue weighted by molar-refractivity contribution is -0.123. The molecule has 3 aromatic rings. The Hall–Kier alpha value is -3.74. The Bertz CT molecular complexity index is 1040. The van der Waals surface area contributed by atoms with Gasteiger partial charge in [-0.05, 0) is 32.9 Å². The highest BCUT2D eigenvalue weighted by Gasteiger charge is 2.21. The van der Waals surface area contributed by atoms with Gasteiger partial charge in [0.25, 0.3) is 5.91 Å². The predicted molar refractivity (Wildman–Crippen MR) is 112 cm³/mol. The molecule has 7 nitrogen and oxygen atoms in total. The molecule has 0 radical (unpaired) electrons. The van der Waals surface area contributed by atoms with E-state index < -0.39 is 18.0 Å². The molecule has 0 fully saturated rings. The number of nitrogens with zero attached hydrogens (tertiary/aromatic N) is 2. The van der Waals surface area contributed by atoms with Gasteiger partial charge in [-0.2, -0.15) is 5.10 Å². The highest BCUT2D eigenvalue weighted by molar-refractivity contribution is 6.09. The van der Waals surface area contributed by atoms with Crippen molar-refractivity contribution < 1.29 is 19.1 Å². The van der Waals surface area contributed by atoms with Crippen molar-refractivity contribution in [2.75, 3.05) is 5.32 Å². The molecule has 2 aromatic carbocycles. The second-order valence-corrected chi connectivity index (χ2v) is 7.06. The standard InChI is InChI=1S/C23H23N3O4/c1-15(2)26-20(13-14-24-26)25-22(28)16(3)30-23(29)19-11-9-18(10-12-19)21(27)17-7-5-4-6-8-17/h4-16H,1-3H3,(H,25,28)/t16-/m1/s1. The molecule has 7 heteroatoms. The molecule has 1 aromatic heterocycles. The van der Waals surface area contributed by atoms with Gasteiger partial charge in [0.05, 0.1) is 11.8 Å². The first kappa shape index (κ1) is 21.0. The zero-order valence-electron chi connectivity index (χ0n) is 17.0. The molecule has 0 aliphatic carbocycles. The molecule has 1 heterocycles. The molecule has 0 saturated carbocycles. The van der Waals surface area contributed by atoms with Gasteiger partial charge < -0.3 is 10.1 Å². The van der Waals surface area contributed by atoms with Crippen molar-refractivity contribution in [3.63, 3.8) is 0 Å². The third-order valence-electron chi connectivity index (χ3n) is 4.48. The van der Waals surface area contributed by atoms with E-state index in [9.17, 15) is 14.4 Å². The van der Waals surface area contributed by atoms with E-state index in [-0.39, 0.29) is 17.4 Å². The summed E-state index contributed by atoms with van der Waals surface area (Å²) in [6.07, 6.45) is 0.587. The van der Waals surface area contributed by atoms with Gasteiger partial charge in [0.15, 0.2) is 11.9 Å². The van der Waals surface area contributed by atoms with Crippen LogP contribution in [-0.4, -0.2) is 33.5 Å². The van der Waals surface area contributed by atoms with Crippen molar-refractivity contribution in [1.29, 1.82) is 0 Å². The molecule has 3 rings (SSSR count). The summed E-state index contributed by atoms with van der Waals surface area (Å²) in [6.45, 7) is 5.38. The second-order valence-electron chi connectivity index (χ2n) is 7.06. The maximum Gasteiger partial charge on any atom is 0.338 e. The highest BCUT2D eigenvalue weighted by Crippen LogP contribution is 2.15. The van der Waals surface area contributed by atoms with Crippen molar-refractivity contribution >= 4 is 23.5 Å². The van der Waals surface area contributed by atoms with E-state index in [0.717, 1.165) is 0 Å². The number of nitrogens with one attached hydrogen (secondary N) is 1. The van der Waals surface area contributed by atoms with Crippen LogP contribution in [0.25, 0.3) is 0 Å². The molecular weight excluding hydrogens is 382 g/mol. The smallest absolute Gasteiger partial charge is 0.338 e. The molecule has 154 valence electrons. The fraction of sp³-hybridized carbons (Fsp3) is 0.217. The van der Waals surface area contributed by atoms with Crippen molar-refractivity contribution in [2.24, 2.45) is 0 Å². The first-order valence-electron chi connectivity index (χ1n) is 9.62. The van der Waals surface area contributed by atoms with Crippen LogP contribution in [-0.2, 0) is 9.53 Å². The van der Waals surface area contributed by atoms with Crippen LogP contribution in [0.2, 0.25) is 0 Å². The predicted octanol–water partition coefficient (Wildman–Crippen LogP) is 3.88. The van der Waals surface area contributed by atoms with Gasteiger partial charge in [-0.3, -0.25) is 9.59 Å². The normalized spacial score (nSPS) is 11.7. The van der Waals surface area contributed by atoms with Crippen molar-refractivity contribution in [3.05, 3.63) is 83.6 Å². The molecule has 0 bridgehead atoms. The largest absolute Gasteiger partial charge is 0.449 e. The Morgan fingerprint density at radius 3 is 2.10 bits per heavy atom. The lowest BCUT2D eigenvalue weighted by atomic mass is 10.0. The number of carbonyl (C=O) groups excluding carboxylic acids is 3. The van der Waals surface area contributed by atoms with E-state index >= 15 is 0 Å². The van der Waals surface area contributed by atoms with E-state index in [1.165, 1.54) is 19.1 Å². The minimum absolute atomic E-state index is 0.0743. The van der Waals surface area contributed by atoms with Crippen molar-refractivity contribution in [3.8, 4) is 0 Å². The number of carbonyl (C=O) groups is 3. The van der Waals surface area contributed by atoms with Gasteiger partial charge in [-0.15, -0.1) is 0 Å². The first-order valence-corrected chi connectivity index (χ1v) is 9.62. The molecule has 0 spiro atoms. The number of aromatic nitrogens is 2. The van der Waals surface area contributed by atoms with E-state index in [0.29, 0.717) is 16.9 Å². The third kappa shape index (κ3) is 4.81. The fourth-order valence-corrected chi connectivity index (χ4v) is 2.85. The number of hydrogen-bond donors (Lipinski definition) is 1. The van der Waals surface area contributed by atoms with Gasteiger partial charge in [0.2, 0.25) is 0 Å². The topological polar surface area (TPSA) is 90.3 Å². The van der Waals surface area contributed by atoms with Crippen LogP contribution in [0.3, 0.4) is 0 Å². The SMILES string of the molecule is CC(C)n1nccc1NC(=O)[C@@H](C)OC(=O)c1ccc(C(=O)c2ccccc2)cc1. The summed E-state index contributed by atoms with van der Waals surface area (Å²) < 4.78 is 6.93. The van der Waals surface area contributed by atoms with Crippen molar-refractivity contribution in [2.45, 2.75) is 32.9 Å². The second kappa shape index (κ2) is 9.17. The Labute approximate surface area is 174 Å². The third-order valence-corrected chi connectivity index (χ3v) is 4.48. The van der Waals surface area contributed by atoms with Crippen LogP contribution < -0.4 is 5.32 Å². The summed E-state index contributed by atoms with van der Waals surface area (Å²) in [5.41, 5.74) is 1.29. The number of esters is 1. The number of ketones is 1. The molecule has 0 aliphatic heterocycles. The summed E-state index contributed by atoms with van der Waals surface area (Å²) in [6, 6.07) is 16.8. The number of ether oxygens (including phenoxy) is 1. The van der Waals surface area contributed by atoms with E-state index in [2.05, 4.69) is 10.4 Å². The maximum atomic E-state index is 12.4. The molecule has 30 heavy (non-hydrogen) atoms. The zero-order chi connectivity index (χ0) is 21.7.